The quantitative estimate of drug-likeness (QED) is 0.0707. The van der Waals surface area contributed by atoms with Gasteiger partial charge in [-0.05, 0) is 46.5 Å². The van der Waals surface area contributed by atoms with Crippen LogP contribution in [0, 0.1) is 10.1 Å². The van der Waals surface area contributed by atoms with Gasteiger partial charge in [0.05, 0.1) is 4.92 Å². The third-order valence-corrected chi connectivity index (χ3v) is 7.00. The van der Waals surface area contributed by atoms with E-state index in [1.165, 1.54) is 37.4 Å². The fourth-order valence-electron chi connectivity index (χ4n) is 4.73. The van der Waals surface area contributed by atoms with Crippen molar-refractivity contribution in [2.45, 2.75) is 38.4 Å². The lowest BCUT2D eigenvalue weighted by Crippen LogP contribution is -2.67. The standard InChI is InChI=1S/C34H29N3O8/c1-23(38)45-33-30(35-20-24-12-16-28(17-13-24)37(41)42)32(39)36(33)31(34(40)44-22-26-10-6-3-7-11-26)27-14-18-29(19-15-27)43-21-25-8-4-2-5-9-25/h2-20,30-31,33H,21-22H2,1H3/b35-20+/t30-,31?,33+/m1/s1. The number of ether oxygens (including phenoxy) is 3. The Kier molecular flexibility index (Phi) is 9.58. The van der Waals surface area contributed by atoms with Crippen LogP contribution in [0.25, 0.3) is 0 Å². The Hall–Kier alpha value is -5.84. The smallest absolute Gasteiger partial charge is 0.334 e. The molecule has 1 unspecified atom stereocenters. The first-order chi connectivity index (χ1) is 21.8. The zero-order valence-corrected chi connectivity index (χ0v) is 24.2. The Bertz CT molecular complexity index is 1680. The normalized spacial score (nSPS) is 16.5. The molecule has 11 heteroatoms. The number of esters is 2. The van der Waals surface area contributed by atoms with Gasteiger partial charge in [0.2, 0.25) is 6.23 Å². The summed E-state index contributed by atoms with van der Waals surface area (Å²) in [4.78, 5) is 55.1. The van der Waals surface area contributed by atoms with Gasteiger partial charge in [0.1, 0.15) is 19.0 Å². The molecular weight excluding hydrogens is 578 g/mol. The number of carbonyl (C=O) groups excluding carboxylic acids is 3. The summed E-state index contributed by atoms with van der Waals surface area (Å²) in [5.41, 5.74) is 2.57. The maximum absolute atomic E-state index is 13.6. The summed E-state index contributed by atoms with van der Waals surface area (Å²) < 4.78 is 17.0. The number of rotatable bonds is 12. The molecule has 1 fully saturated rings. The molecule has 0 aliphatic carbocycles. The van der Waals surface area contributed by atoms with Crippen LogP contribution in [-0.2, 0) is 37.1 Å². The van der Waals surface area contributed by atoms with Gasteiger partial charge >= 0.3 is 11.9 Å². The molecule has 3 atom stereocenters. The van der Waals surface area contributed by atoms with E-state index in [0.717, 1.165) is 16.0 Å². The highest BCUT2D eigenvalue weighted by atomic mass is 16.6. The molecule has 0 saturated carbocycles. The number of hydrogen-bond donors (Lipinski definition) is 0. The average molecular weight is 608 g/mol. The number of benzene rings is 4. The molecule has 4 aromatic rings. The predicted octanol–water partition coefficient (Wildman–Crippen LogP) is 5.18. The van der Waals surface area contributed by atoms with Crippen molar-refractivity contribution in [1.82, 2.24) is 4.90 Å². The Morgan fingerprint density at radius 3 is 2.07 bits per heavy atom. The van der Waals surface area contributed by atoms with E-state index in [1.807, 2.05) is 48.5 Å². The van der Waals surface area contributed by atoms with Crippen LogP contribution >= 0.6 is 0 Å². The van der Waals surface area contributed by atoms with E-state index in [-0.39, 0.29) is 12.3 Å². The summed E-state index contributed by atoms with van der Waals surface area (Å²) >= 11 is 0. The molecule has 1 aliphatic rings. The third-order valence-electron chi connectivity index (χ3n) is 7.00. The van der Waals surface area contributed by atoms with Crippen LogP contribution in [0.15, 0.2) is 114 Å². The summed E-state index contributed by atoms with van der Waals surface area (Å²) in [5, 5.41) is 11.0. The first-order valence-corrected chi connectivity index (χ1v) is 14.0. The molecule has 0 bridgehead atoms. The highest BCUT2D eigenvalue weighted by molar-refractivity contribution is 5.96. The van der Waals surface area contributed by atoms with E-state index in [9.17, 15) is 24.5 Å². The molecule has 228 valence electrons. The van der Waals surface area contributed by atoms with Crippen molar-refractivity contribution in [2.75, 3.05) is 0 Å². The Morgan fingerprint density at radius 1 is 0.889 bits per heavy atom. The van der Waals surface area contributed by atoms with Gasteiger partial charge in [-0.3, -0.25) is 29.6 Å². The first-order valence-electron chi connectivity index (χ1n) is 14.0. The van der Waals surface area contributed by atoms with Crippen LogP contribution < -0.4 is 4.74 Å². The van der Waals surface area contributed by atoms with Gasteiger partial charge in [0.25, 0.3) is 11.6 Å². The third kappa shape index (κ3) is 7.57. The van der Waals surface area contributed by atoms with Crippen LogP contribution in [0.3, 0.4) is 0 Å². The molecule has 4 aromatic carbocycles. The first kappa shape index (κ1) is 30.6. The topological polar surface area (TPSA) is 138 Å². The molecule has 1 heterocycles. The van der Waals surface area contributed by atoms with Crippen molar-refractivity contribution in [1.29, 1.82) is 0 Å². The van der Waals surface area contributed by atoms with Crippen molar-refractivity contribution < 1.29 is 33.5 Å². The Balaban J connectivity index is 1.39. The number of amides is 1. The van der Waals surface area contributed by atoms with Gasteiger partial charge < -0.3 is 14.2 Å². The molecule has 1 amide bonds. The van der Waals surface area contributed by atoms with Crippen LogP contribution in [0.5, 0.6) is 5.75 Å². The van der Waals surface area contributed by atoms with Crippen LogP contribution in [0.1, 0.15) is 35.2 Å². The molecule has 0 aromatic heterocycles. The van der Waals surface area contributed by atoms with Gasteiger partial charge in [-0.25, -0.2) is 4.79 Å². The molecule has 1 aliphatic heterocycles. The van der Waals surface area contributed by atoms with E-state index < -0.39 is 41.1 Å². The number of non-ortho nitro benzene ring substituents is 1. The zero-order chi connectivity index (χ0) is 31.8. The summed E-state index contributed by atoms with van der Waals surface area (Å²) in [6.07, 6.45) is 0.162. The second-order valence-corrected chi connectivity index (χ2v) is 10.2. The zero-order valence-electron chi connectivity index (χ0n) is 24.2. The van der Waals surface area contributed by atoms with Gasteiger partial charge in [-0.2, -0.15) is 0 Å². The highest BCUT2D eigenvalue weighted by Crippen LogP contribution is 2.36. The SMILES string of the molecule is CC(=O)O[C@H]1[C@H](/N=C/c2ccc([N+](=O)[O-])cc2)C(=O)N1C(C(=O)OCc1ccccc1)c1ccc(OCc2ccccc2)cc1. The molecule has 45 heavy (non-hydrogen) atoms. The summed E-state index contributed by atoms with van der Waals surface area (Å²) in [7, 11) is 0. The predicted molar refractivity (Wildman–Crippen MR) is 163 cm³/mol. The molecule has 5 rings (SSSR count). The number of likely N-dealkylation sites (tertiary alicyclic amines) is 1. The molecule has 11 nitrogen and oxygen atoms in total. The van der Waals surface area contributed by atoms with Crippen molar-refractivity contribution in [3.05, 3.63) is 142 Å². The second kappa shape index (κ2) is 14.1. The minimum absolute atomic E-state index is 0.0313. The number of nitro benzene ring substituents is 1. The van der Waals surface area contributed by atoms with E-state index in [4.69, 9.17) is 14.2 Å². The lowest BCUT2D eigenvalue weighted by atomic mass is 9.96. The molecule has 0 N–H and O–H groups in total. The fraction of sp³-hybridized carbons (Fsp3) is 0.176. The maximum atomic E-state index is 13.6. The number of hydrogen-bond acceptors (Lipinski definition) is 9. The van der Waals surface area contributed by atoms with Crippen LogP contribution in [-0.4, -0.2) is 46.2 Å². The van der Waals surface area contributed by atoms with Crippen molar-refractivity contribution >= 4 is 29.7 Å². The van der Waals surface area contributed by atoms with Crippen molar-refractivity contribution in [3.63, 3.8) is 0 Å². The van der Waals surface area contributed by atoms with Gasteiger partial charge in [0, 0.05) is 25.3 Å². The molecule has 0 spiro atoms. The minimum atomic E-state index is -1.25. The molecule has 0 radical (unpaired) electrons. The average Bonchev–Trinajstić information content (AvgIpc) is 3.06. The maximum Gasteiger partial charge on any atom is 0.334 e. The van der Waals surface area contributed by atoms with Crippen LogP contribution in [0.2, 0.25) is 0 Å². The number of aliphatic imine (C=N–C) groups is 1. The van der Waals surface area contributed by atoms with Crippen molar-refractivity contribution in [3.8, 4) is 5.75 Å². The summed E-state index contributed by atoms with van der Waals surface area (Å²) in [5.74, 6) is -1.41. The molecular formula is C34H29N3O8. The number of carbonyl (C=O) groups is 3. The van der Waals surface area contributed by atoms with E-state index in [0.29, 0.717) is 23.5 Å². The summed E-state index contributed by atoms with van der Waals surface area (Å²) in [6, 6.07) is 28.6. The summed E-state index contributed by atoms with van der Waals surface area (Å²) in [6.45, 7) is 1.51. The minimum Gasteiger partial charge on any atom is -0.489 e. The van der Waals surface area contributed by atoms with E-state index >= 15 is 0 Å². The fourth-order valence-corrected chi connectivity index (χ4v) is 4.73. The number of nitrogens with zero attached hydrogens (tertiary/aromatic N) is 3. The largest absolute Gasteiger partial charge is 0.489 e. The van der Waals surface area contributed by atoms with Crippen molar-refractivity contribution in [2.24, 2.45) is 4.99 Å². The monoisotopic (exact) mass is 607 g/mol. The Morgan fingerprint density at radius 2 is 1.49 bits per heavy atom. The highest BCUT2D eigenvalue weighted by Gasteiger charge is 2.55. The van der Waals surface area contributed by atoms with Gasteiger partial charge in [0.15, 0.2) is 12.1 Å². The second-order valence-electron chi connectivity index (χ2n) is 10.2. The lowest BCUT2D eigenvalue weighted by molar-refractivity contribution is -0.384. The number of β-lactam (4-membered cyclic amide) rings is 1. The Labute approximate surface area is 258 Å². The lowest BCUT2D eigenvalue weighted by Gasteiger charge is -2.46. The van der Waals surface area contributed by atoms with Crippen LogP contribution in [0.4, 0.5) is 5.69 Å². The van der Waals surface area contributed by atoms with Gasteiger partial charge in [-0.15, -0.1) is 0 Å². The van der Waals surface area contributed by atoms with Gasteiger partial charge in [-0.1, -0.05) is 72.8 Å². The van der Waals surface area contributed by atoms with E-state index in [1.54, 1.807) is 36.4 Å². The number of nitro groups is 1. The van der Waals surface area contributed by atoms with E-state index in [2.05, 4.69) is 4.99 Å². The molecule has 1 saturated heterocycles.